The highest BCUT2D eigenvalue weighted by Gasteiger charge is 2.43. The summed E-state index contributed by atoms with van der Waals surface area (Å²) in [4.78, 5) is 0. The first-order chi connectivity index (χ1) is 5.44. The average molecular weight is 204 g/mol. The SMILES string of the molecule is CN(C)P(=N)(C(C)(C)C)C(C)(C)C. The maximum atomic E-state index is 8.72. The summed E-state index contributed by atoms with van der Waals surface area (Å²) in [6, 6.07) is 0. The van der Waals surface area contributed by atoms with Crippen LogP contribution in [0.25, 0.3) is 0 Å². The highest BCUT2D eigenvalue weighted by molar-refractivity contribution is 7.65. The Balaban J connectivity index is 5.37. The smallest absolute Gasteiger partial charge is 0.0385 e. The van der Waals surface area contributed by atoms with Gasteiger partial charge in [-0.25, -0.2) is 0 Å². The Kier molecular flexibility index (Phi) is 3.45. The van der Waals surface area contributed by atoms with Crippen LogP contribution in [-0.2, 0) is 0 Å². The van der Waals surface area contributed by atoms with Gasteiger partial charge in [-0.05, 0) is 14.1 Å². The summed E-state index contributed by atoms with van der Waals surface area (Å²) >= 11 is 0. The predicted molar refractivity (Wildman–Crippen MR) is 62.8 cm³/mol. The Morgan fingerprint density at radius 2 is 1.08 bits per heavy atom. The second-order valence-electron chi connectivity index (χ2n) is 5.82. The van der Waals surface area contributed by atoms with E-state index in [4.69, 9.17) is 5.16 Å². The third-order valence-electron chi connectivity index (χ3n) is 2.54. The number of nitrogens with zero attached hydrogens (tertiary/aromatic N) is 1. The zero-order chi connectivity index (χ0) is 11.1. The van der Waals surface area contributed by atoms with Gasteiger partial charge in [0.2, 0.25) is 0 Å². The van der Waals surface area contributed by atoms with Crippen LogP contribution in [0.2, 0.25) is 0 Å². The maximum absolute atomic E-state index is 8.72. The first-order valence-electron chi connectivity index (χ1n) is 4.77. The lowest BCUT2D eigenvalue weighted by Crippen LogP contribution is -2.35. The normalized spacial score (nSPS) is 15.2. The molecule has 0 spiro atoms. The van der Waals surface area contributed by atoms with Crippen molar-refractivity contribution in [2.45, 2.75) is 51.9 Å². The van der Waals surface area contributed by atoms with Gasteiger partial charge < -0.3 is 5.16 Å². The van der Waals surface area contributed by atoms with E-state index in [1.54, 1.807) is 0 Å². The molecule has 0 aliphatic rings. The summed E-state index contributed by atoms with van der Waals surface area (Å²) in [5.41, 5.74) is 0. The zero-order valence-electron chi connectivity index (χ0n) is 10.4. The number of nitrogens with one attached hydrogen (secondary N) is 1. The average Bonchev–Trinajstić information content (AvgIpc) is 1.80. The van der Waals surface area contributed by atoms with Crippen LogP contribution in [0.4, 0.5) is 0 Å². The summed E-state index contributed by atoms with van der Waals surface area (Å²) in [6.45, 7) is 13.1. The Bertz CT molecular complexity index is 200. The Morgan fingerprint density at radius 1 is 0.846 bits per heavy atom. The lowest BCUT2D eigenvalue weighted by Gasteiger charge is -2.48. The molecule has 0 aromatic heterocycles. The number of hydrogen-bond donors (Lipinski definition) is 1. The highest BCUT2D eigenvalue weighted by Crippen LogP contribution is 2.68. The molecule has 0 saturated carbocycles. The van der Waals surface area contributed by atoms with Crippen molar-refractivity contribution in [3.05, 3.63) is 0 Å². The van der Waals surface area contributed by atoms with E-state index in [-0.39, 0.29) is 10.3 Å². The first kappa shape index (κ1) is 13.2. The van der Waals surface area contributed by atoms with Crippen LogP contribution >= 0.6 is 7.21 Å². The third-order valence-corrected chi connectivity index (χ3v) is 7.62. The van der Waals surface area contributed by atoms with E-state index in [9.17, 15) is 0 Å². The van der Waals surface area contributed by atoms with Crippen molar-refractivity contribution < 1.29 is 0 Å². The largest absolute Gasteiger partial charge is 0.302 e. The van der Waals surface area contributed by atoms with E-state index in [0.29, 0.717) is 0 Å². The van der Waals surface area contributed by atoms with Crippen LogP contribution in [0.1, 0.15) is 41.5 Å². The standard InChI is InChI=1S/C10H25N2P/c1-9(2,3)13(11,12(7)8)10(4,5)6/h11H,1-8H3. The first-order valence-corrected chi connectivity index (χ1v) is 6.51. The van der Waals surface area contributed by atoms with Crippen molar-refractivity contribution in [1.82, 2.24) is 4.67 Å². The van der Waals surface area contributed by atoms with Gasteiger partial charge in [0.05, 0.1) is 0 Å². The van der Waals surface area contributed by atoms with E-state index in [0.717, 1.165) is 0 Å². The minimum atomic E-state index is -1.83. The minimum Gasteiger partial charge on any atom is -0.302 e. The molecular formula is C10H25N2P. The number of hydrogen-bond acceptors (Lipinski definition) is 1. The van der Waals surface area contributed by atoms with Crippen LogP contribution in [0.5, 0.6) is 0 Å². The van der Waals surface area contributed by atoms with Gasteiger partial charge in [-0.3, -0.25) is 4.67 Å². The molecule has 0 aromatic carbocycles. The summed E-state index contributed by atoms with van der Waals surface area (Å²) < 4.78 is 2.13. The highest BCUT2D eigenvalue weighted by atomic mass is 31.2. The van der Waals surface area contributed by atoms with Gasteiger partial charge in [0.1, 0.15) is 0 Å². The monoisotopic (exact) mass is 204 g/mol. The third kappa shape index (κ3) is 2.16. The van der Waals surface area contributed by atoms with Gasteiger partial charge in [-0.1, -0.05) is 41.5 Å². The molecule has 1 N–H and O–H groups in total. The Labute approximate surface area is 83.6 Å². The maximum Gasteiger partial charge on any atom is 0.0385 e. The summed E-state index contributed by atoms with van der Waals surface area (Å²) in [5.74, 6) is 0. The van der Waals surface area contributed by atoms with Gasteiger partial charge in [0.15, 0.2) is 0 Å². The molecule has 0 unspecified atom stereocenters. The van der Waals surface area contributed by atoms with Gasteiger partial charge in [0, 0.05) is 17.5 Å². The molecule has 0 fully saturated rings. The number of rotatable bonds is 1. The Morgan fingerprint density at radius 3 is 1.08 bits per heavy atom. The molecule has 0 aromatic rings. The van der Waals surface area contributed by atoms with Crippen molar-refractivity contribution >= 4 is 7.21 Å². The van der Waals surface area contributed by atoms with E-state index in [1.807, 2.05) is 14.1 Å². The van der Waals surface area contributed by atoms with Gasteiger partial charge in [-0.15, -0.1) is 0 Å². The molecule has 0 saturated heterocycles. The molecule has 3 heteroatoms. The lowest BCUT2D eigenvalue weighted by molar-refractivity contribution is 0.562. The molecule has 13 heavy (non-hydrogen) atoms. The van der Waals surface area contributed by atoms with Crippen LogP contribution < -0.4 is 0 Å². The molecule has 0 aliphatic carbocycles. The zero-order valence-corrected chi connectivity index (χ0v) is 11.3. The molecule has 0 bridgehead atoms. The second-order valence-corrected chi connectivity index (χ2v) is 10.6. The topological polar surface area (TPSA) is 27.1 Å². The molecule has 80 valence electrons. The molecule has 0 atom stereocenters. The minimum absolute atomic E-state index is 0.0642. The summed E-state index contributed by atoms with van der Waals surface area (Å²) in [5, 5.41) is 8.84. The van der Waals surface area contributed by atoms with E-state index in [2.05, 4.69) is 46.2 Å². The molecule has 0 rings (SSSR count). The van der Waals surface area contributed by atoms with E-state index >= 15 is 0 Å². The fourth-order valence-electron chi connectivity index (χ4n) is 2.21. The van der Waals surface area contributed by atoms with Crippen molar-refractivity contribution in [1.29, 1.82) is 5.16 Å². The molecule has 0 aliphatic heterocycles. The van der Waals surface area contributed by atoms with Crippen molar-refractivity contribution in [2.75, 3.05) is 14.1 Å². The molecule has 2 nitrogen and oxygen atoms in total. The molecular weight excluding hydrogens is 179 g/mol. The fourth-order valence-corrected chi connectivity index (χ4v) is 6.62. The Hall–Kier alpha value is 0.190. The molecule has 0 amide bonds. The van der Waals surface area contributed by atoms with E-state index in [1.165, 1.54) is 0 Å². The predicted octanol–water partition coefficient (Wildman–Crippen LogP) is 3.84. The lowest BCUT2D eigenvalue weighted by atomic mass is 10.2. The van der Waals surface area contributed by atoms with Crippen LogP contribution in [0, 0.1) is 5.16 Å². The van der Waals surface area contributed by atoms with Crippen molar-refractivity contribution in [3.63, 3.8) is 0 Å². The molecule has 0 radical (unpaired) electrons. The second kappa shape index (κ2) is 3.40. The van der Waals surface area contributed by atoms with Gasteiger partial charge in [-0.2, -0.15) is 0 Å². The quantitative estimate of drug-likeness (QED) is 0.645. The fraction of sp³-hybridized carbons (Fsp3) is 1.00. The van der Waals surface area contributed by atoms with E-state index < -0.39 is 7.21 Å². The van der Waals surface area contributed by atoms with Crippen molar-refractivity contribution in [3.8, 4) is 0 Å². The molecule has 0 heterocycles. The van der Waals surface area contributed by atoms with Crippen LogP contribution in [0.3, 0.4) is 0 Å². The van der Waals surface area contributed by atoms with Crippen LogP contribution in [-0.4, -0.2) is 29.1 Å². The summed E-state index contributed by atoms with van der Waals surface area (Å²) in [7, 11) is 2.25. The van der Waals surface area contributed by atoms with Gasteiger partial charge in [0.25, 0.3) is 0 Å². The summed E-state index contributed by atoms with van der Waals surface area (Å²) in [6.07, 6.45) is 0. The van der Waals surface area contributed by atoms with Gasteiger partial charge >= 0.3 is 0 Å². The van der Waals surface area contributed by atoms with Crippen molar-refractivity contribution in [2.24, 2.45) is 0 Å². The van der Waals surface area contributed by atoms with Crippen LogP contribution in [0.15, 0.2) is 0 Å².